The molecule has 0 bridgehead atoms. The molecule has 55 heavy (non-hydrogen) atoms. The molecular weight excluding hydrogens is 711 g/mol. The maximum Gasteiger partial charge on any atom is 2.00 e. The molecule has 3 heteroatoms. The Morgan fingerprint density at radius 1 is 0.382 bits per heavy atom. The molecule has 0 saturated carbocycles. The van der Waals surface area contributed by atoms with Crippen LogP contribution in [0.15, 0.2) is 59.7 Å². The van der Waals surface area contributed by atoms with E-state index in [1.165, 1.54) is 164 Å². The van der Waals surface area contributed by atoms with Crippen LogP contribution in [0, 0.1) is 13.8 Å². The molecule has 2 nitrogen and oxygen atoms in total. The van der Waals surface area contributed by atoms with Crippen LogP contribution >= 0.6 is 0 Å². The van der Waals surface area contributed by atoms with Crippen LogP contribution in [-0.4, -0.2) is 4.70 Å². The van der Waals surface area contributed by atoms with Crippen molar-refractivity contribution in [2.45, 2.75) is 221 Å². The summed E-state index contributed by atoms with van der Waals surface area (Å²) in [5.41, 5.74) is 21.9. The zero-order valence-corrected chi connectivity index (χ0v) is 38.0. The molecule has 0 unspecified atom stereocenters. The molecule has 0 aliphatic carbocycles. The minimum Gasteiger partial charge on any atom is -0.493 e. The predicted molar refractivity (Wildman–Crippen MR) is 243 cm³/mol. The van der Waals surface area contributed by atoms with Crippen molar-refractivity contribution >= 4 is 11.4 Å². The Balaban J connectivity index is 0.00000234. The molecule has 0 saturated heterocycles. The number of hydrogen-bond acceptors (Lipinski definition) is 0. The number of aryl methyl sites for hydroxylation is 2. The average molecular weight is 798 g/mol. The zero-order valence-electron chi connectivity index (χ0n) is 37.0. The second-order valence-corrected chi connectivity index (χ2v) is 15.7. The minimum atomic E-state index is 0. The van der Waals surface area contributed by atoms with Crippen molar-refractivity contribution in [3.05, 3.63) is 101 Å². The third kappa shape index (κ3) is 22.5. The maximum absolute atomic E-state index is 12.0. The predicted octanol–water partition coefficient (Wildman–Crippen LogP) is 17.8. The van der Waals surface area contributed by atoms with Gasteiger partial charge in [0, 0.05) is 22.3 Å². The van der Waals surface area contributed by atoms with Gasteiger partial charge < -0.3 is 19.4 Å². The summed E-state index contributed by atoms with van der Waals surface area (Å²) < 4.78 is 1.57. The second-order valence-electron chi connectivity index (χ2n) is 15.7. The summed E-state index contributed by atoms with van der Waals surface area (Å²) in [4.78, 5) is 0. The normalized spacial score (nSPS) is 12.3. The Kier molecular flexibility index (Phi) is 35.0. The molecule has 0 atom stereocenters. The summed E-state index contributed by atoms with van der Waals surface area (Å²) in [6.45, 7) is 20.8. The minimum absolute atomic E-state index is 0. The number of rotatable bonds is 28. The summed E-state index contributed by atoms with van der Waals surface area (Å²) >= 11 is 0. The Morgan fingerprint density at radius 3 is 1.00 bits per heavy atom. The molecule has 314 valence electrons. The van der Waals surface area contributed by atoms with Gasteiger partial charge in [-0.15, -0.1) is 0 Å². The third-order valence-electron chi connectivity index (χ3n) is 10.7. The van der Waals surface area contributed by atoms with E-state index in [2.05, 4.69) is 104 Å². The van der Waals surface area contributed by atoms with E-state index in [0.29, 0.717) is 0 Å². The van der Waals surface area contributed by atoms with Crippen LogP contribution in [0.4, 0.5) is 0 Å². The molecule has 1 aliphatic heterocycles. The molecule has 0 aromatic heterocycles. The standard InChI is InChI=1S/C42H64N2.2C5H11.Ni/c1-5-9-13-16-18-20-24-36-29-33-38(34-30-36)41-39(25-21-15-11-7-3)40(26-22-19-17-14-10-6-2)42(44(41)43)37-31-27-35(28-32-37)23-12-8-4;2*1-3-5-4-2;/h27-34H,5-26H2,1-4H3;2*1,3-5H2,2H3;/q;2*-1;+2. The Morgan fingerprint density at radius 2 is 0.673 bits per heavy atom. The fraction of sp³-hybridized carbons (Fsp3) is 0.654. The van der Waals surface area contributed by atoms with Gasteiger partial charge in [-0.25, -0.2) is 4.70 Å². The number of allylic oxidation sites excluding steroid dienone is 2. The van der Waals surface area contributed by atoms with Crippen LogP contribution in [-0.2, 0) is 29.3 Å². The first-order valence-electron chi connectivity index (χ1n) is 23.2. The molecule has 0 spiro atoms. The summed E-state index contributed by atoms with van der Waals surface area (Å²) in [6.07, 6.45) is 34.8. The Labute approximate surface area is 353 Å². The first-order chi connectivity index (χ1) is 26.5. The second kappa shape index (κ2) is 36.4. The van der Waals surface area contributed by atoms with E-state index in [-0.39, 0.29) is 16.5 Å². The molecule has 2 aromatic carbocycles. The first-order valence-corrected chi connectivity index (χ1v) is 23.2. The van der Waals surface area contributed by atoms with Gasteiger partial charge in [0.05, 0.1) is 0 Å². The van der Waals surface area contributed by atoms with E-state index in [1.807, 2.05) is 0 Å². The van der Waals surface area contributed by atoms with Crippen molar-refractivity contribution in [2.24, 2.45) is 0 Å². The van der Waals surface area contributed by atoms with Gasteiger partial charge in [0.2, 0.25) is 11.4 Å². The molecule has 1 aliphatic rings. The Hall–Kier alpha value is -1.99. The number of nitrogens with zero attached hydrogens (tertiary/aromatic N) is 2. The maximum atomic E-state index is 12.0. The third-order valence-corrected chi connectivity index (χ3v) is 10.7. The van der Waals surface area contributed by atoms with Crippen LogP contribution in [0.3, 0.4) is 0 Å². The Bertz CT molecular complexity index is 1240. The summed E-state index contributed by atoms with van der Waals surface area (Å²) in [6, 6.07) is 18.2. The van der Waals surface area contributed by atoms with Gasteiger partial charge in [0.15, 0.2) is 0 Å². The molecule has 0 N–H and O–H groups in total. The van der Waals surface area contributed by atoms with E-state index in [4.69, 9.17) is 0 Å². The summed E-state index contributed by atoms with van der Waals surface area (Å²) in [5.74, 6) is 0. The average Bonchev–Trinajstić information content (AvgIpc) is 3.46. The van der Waals surface area contributed by atoms with Crippen molar-refractivity contribution in [1.29, 1.82) is 0 Å². The van der Waals surface area contributed by atoms with Crippen molar-refractivity contribution in [1.82, 2.24) is 0 Å². The first kappa shape index (κ1) is 53.0. The molecule has 1 heterocycles. The van der Waals surface area contributed by atoms with E-state index in [0.717, 1.165) is 61.0 Å². The van der Waals surface area contributed by atoms with Crippen LogP contribution in [0.5, 0.6) is 0 Å². The van der Waals surface area contributed by atoms with Crippen molar-refractivity contribution < 1.29 is 21.2 Å². The van der Waals surface area contributed by atoms with Crippen molar-refractivity contribution in [3.8, 4) is 0 Å². The van der Waals surface area contributed by atoms with Crippen LogP contribution in [0.2, 0.25) is 0 Å². The fourth-order valence-corrected chi connectivity index (χ4v) is 7.24. The van der Waals surface area contributed by atoms with Gasteiger partial charge in [0.1, 0.15) is 0 Å². The summed E-state index contributed by atoms with van der Waals surface area (Å²) in [5, 5.41) is 0. The largest absolute Gasteiger partial charge is 2.00 e. The number of unbranched alkanes of at least 4 members (excludes halogenated alkanes) is 18. The van der Waals surface area contributed by atoms with E-state index >= 15 is 0 Å². The van der Waals surface area contributed by atoms with E-state index in [9.17, 15) is 5.53 Å². The molecule has 0 fully saturated rings. The topological polar surface area (TPSA) is 25.3 Å². The van der Waals surface area contributed by atoms with Gasteiger partial charge in [-0.3, -0.25) is 0 Å². The molecule has 0 radical (unpaired) electrons. The molecule has 2 aromatic rings. The van der Waals surface area contributed by atoms with Crippen LogP contribution in [0.25, 0.3) is 16.9 Å². The monoisotopic (exact) mass is 797 g/mol. The molecular formula is C52H86N2Ni. The quantitative estimate of drug-likeness (QED) is 0.0355. The van der Waals surface area contributed by atoms with Gasteiger partial charge in [-0.05, 0) is 86.8 Å². The summed E-state index contributed by atoms with van der Waals surface area (Å²) in [7, 11) is 0. The SMILES string of the molecule is CCCCCCCCC1=C(c2ccc(CCCC)cc2)[N+](=[N-])C(c2ccc(CCCCCCCC)cc2)=C1CCCCCC.[CH2-]CCCC.[CH2-]CCCC.[Ni+2]. The fourth-order valence-electron chi connectivity index (χ4n) is 7.24. The van der Waals surface area contributed by atoms with E-state index in [1.54, 1.807) is 4.70 Å². The molecule has 0 amide bonds. The van der Waals surface area contributed by atoms with Gasteiger partial charge in [0.25, 0.3) is 0 Å². The smallest absolute Gasteiger partial charge is 0.493 e. The van der Waals surface area contributed by atoms with Crippen molar-refractivity contribution in [3.63, 3.8) is 0 Å². The van der Waals surface area contributed by atoms with Gasteiger partial charge in [-0.1, -0.05) is 181 Å². The molecule has 3 rings (SSSR count). The van der Waals surface area contributed by atoms with Crippen molar-refractivity contribution in [2.75, 3.05) is 0 Å². The van der Waals surface area contributed by atoms with Crippen LogP contribution < -0.4 is 0 Å². The number of benzene rings is 2. The van der Waals surface area contributed by atoms with Gasteiger partial charge in [-0.2, -0.15) is 12.8 Å². The number of hydrogen-bond donors (Lipinski definition) is 0. The zero-order chi connectivity index (χ0) is 39.7. The van der Waals surface area contributed by atoms with Crippen LogP contribution in [0.1, 0.15) is 231 Å². The van der Waals surface area contributed by atoms with E-state index < -0.39 is 0 Å². The van der Waals surface area contributed by atoms with Gasteiger partial charge >= 0.3 is 16.5 Å².